The fourth-order valence-electron chi connectivity index (χ4n) is 1.57. The number of nitrogens with zero attached hydrogens (tertiary/aromatic N) is 4. The zero-order valence-corrected chi connectivity index (χ0v) is 11.9. The predicted octanol–water partition coefficient (Wildman–Crippen LogP) is 2.52. The van der Waals surface area contributed by atoms with E-state index in [0.717, 1.165) is 19.5 Å². The van der Waals surface area contributed by atoms with Crippen molar-refractivity contribution in [2.24, 2.45) is 0 Å². The summed E-state index contributed by atoms with van der Waals surface area (Å²) in [5, 5.41) is 14.7. The molecule has 0 bridgehead atoms. The quantitative estimate of drug-likeness (QED) is 0.803. The highest BCUT2D eigenvalue weighted by Crippen LogP contribution is 2.28. The summed E-state index contributed by atoms with van der Waals surface area (Å²) in [7, 11) is 1.76. The Morgan fingerprint density at radius 1 is 1.26 bits per heavy atom. The number of pyridine rings is 1. The Balaban J connectivity index is 1.88. The summed E-state index contributed by atoms with van der Waals surface area (Å²) in [5.41, 5.74) is 0. The van der Waals surface area contributed by atoms with Crippen LogP contribution in [0.15, 0.2) is 18.5 Å². The Labute approximate surface area is 121 Å². The van der Waals surface area contributed by atoms with E-state index in [-0.39, 0.29) is 0 Å². The summed E-state index contributed by atoms with van der Waals surface area (Å²) in [4.78, 5) is 4.30. The number of anilines is 2. The molecule has 0 radical (unpaired) electrons. The molecule has 0 aromatic carbocycles. The van der Waals surface area contributed by atoms with Gasteiger partial charge in [0.1, 0.15) is 11.6 Å². The van der Waals surface area contributed by atoms with Crippen molar-refractivity contribution in [2.75, 3.05) is 24.2 Å². The van der Waals surface area contributed by atoms with Gasteiger partial charge in [0.05, 0.1) is 16.2 Å². The van der Waals surface area contributed by atoms with Crippen LogP contribution in [0, 0.1) is 0 Å². The molecule has 2 rings (SSSR count). The molecule has 102 valence electrons. The number of hydrogen-bond acceptors (Lipinski definition) is 5. The van der Waals surface area contributed by atoms with Gasteiger partial charge in [0, 0.05) is 26.3 Å². The first-order valence-electron chi connectivity index (χ1n) is 5.82. The van der Waals surface area contributed by atoms with Crippen LogP contribution in [0.3, 0.4) is 0 Å². The van der Waals surface area contributed by atoms with Gasteiger partial charge in [-0.2, -0.15) is 0 Å². The van der Waals surface area contributed by atoms with Crippen LogP contribution in [0.1, 0.15) is 6.42 Å². The predicted molar refractivity (Wildman–Crippen MR) is 76.9 cm³/mol. The second kappa shape index (κ2) is 6.58. The summed E-state index contributed by atoms with van der Waals surface area (Å²) >= 11 is 12.0. The highest BCUT2D eigenvalue weighted by Gasteiger charge is 2.07. The fraction of sp³-hybridized carbons (Fsp3) is 0.364. The smallest absolute Gasteiger partial charge is 0.147 e. The minimum absolute atomic E-state index is 0.501. The molecule has 19 heavy (non-hydrogen) atoms. The zero-order valence-electron chi connectivity index (χ0n) is 10.4. The molecule has 2 aromatic heterocycles. The molecule has 0 atom stereocenters. The van der Waals surface area contributed by atoms with Gasteiger partial charge in [-0.3, -0.25) is 4.68 Å². The molecule has 0 fully saturated rings. The highest BCUT2D eigenvalue weighted by molar-refractivity contribution is 6.37. The molecule has 2 heterocycles. The van der Waals surface area contributed by atoms with E-state index in [1.54, 1.807) is 24.0 Å². The van der Waals surface area contributed by atoms with E-state index < -0.39 is 0 Å². The molecular weight excluding hydrogens is 287 g/mol. The lowest BCUT2D eigenvalue weighted by Gasteiger charge is -2.10. The van der Waals surface area contributed by atoms with E-state index in [9.17, 15) is 0 Å². The van der Waals surface area contributed by atoms with Gasteiger partial charge >= 0.3 is 0 Å². The van der Waals surface area contributed by atoms with Crippen LogP contribution in [0.4, 0.5) is 11.6 Å². The summed E-state index contributed by atoms with van der Waals surface area (Å²) in [5.74, 6) is 1.22. The molecule has 0 amide bonds. The normalized spacial score (nSPS) is 10.5. The first kappa shape index (κ1) is 13.9. The van der Waals surface area contributed by atoms with Crippen molar-refractivity contribution in [3.05, 3.63) is 28.5 Å². The molecule has 0 saturated carbocycles. The Morgan fingerprint density at radius 3 is 2.74 bits per heavy atom. The maximum atomic E-state index is 6.07. The maximum Gasteiger partial charge on any atom is 0.147 e. The Hall–Kier alpha value is -1.53. The van der Waals surface area contributed by atoms with Crippen molar-refractivity contribution in [1.82, 2.24) is 20.0 Å². The molecule has 0 saturated heterocycles. The van der Waals surface area contributed by atoms with Crippen molar-refractivity contribution < 1.29 is 0 Å². The number of rotatable bonds is 6. The number of aromatic nitrogens is 4. The second-order valence-electron chi connectivity index (χ2n) is 3.85. The second-order valence-corrected chi connectivity index (χ2v) is 4.66. The number of hydrogen-bond donors (Lipinski definition) is 2. The van der Waals surface area contributed by atoms with E-state index >= 15 is 0 Å². The van der Waals surface area contributed by atoms with Crippen LogP contribution >= 0.6 is 23.2 Å². The monoisotopic (exact) mass is 300 g/mol. The van der Waals surface area contributed by atoms with Gasteiger partial charge in [0.25, 0.3) is 0 Å². The first-order chi connectivity index (χ1) is 9.20. The van der Waals surface area contributed by atoms with E-state index in [2.05, 4.69) is 25.9 Å². The van der Waals surface area contributed by atoms with Crippen molar-refractivity contribution in [3.63, 3.8) is 0 Å². The van der Waals surface area contributed by atoms with Gasteiger partial charge in [-0.1, -0.05) is 28.4 Å². The Bertz CT molecular complexity index is 528. The minimum Gasteiger partial charge on any atom is -0.372 e. The largest absolute Gasteiger partial charge is 0.372 e. The summed E-state index contributed by atoms with van der Waals surface area (Å²) < 4.78 is 1.78. The van der Waals surface area contributed by atoms with Crippen LogP contribution in [0.5, 0.6) is 0 Å². The van der Waals surface area contributed by atoms with Gasteiger partial charge in [-0.15, -0.1) is 5.10 Å². The standard InChI is InChI=1S/C11H14Cl2N6/c1-14-10-8(12)7-9(13)11(17-10)15-3-2-5-19-6-4-16-18-19/h4,6-7H,2-3,5H2,1H3,(H2,14,15,17). The van der Waals surface area contributed by atoms with E-state index in [4.69, 9.17) is 23.2 Å². The molecule has 6 nitrogen and oxygen atoms in total. The summed E-state index contributed by atoms with van der Waals surface area (Å²) in [6, 6.07) is 1.67. The van der Waals surface area contributed by atoms with Gasteiger partial charge in [-0.25, -0.2) is 4.98 Å². The average molecular weight is 301 g/mol. The minimum atomic E-state index is 0.501. The van der Waals surface area contributed by atoms with Gasteiger partial charge in [-0.05, 0) is 12.5 Å². The average Bonchev–Trinajstić information content (AvgIpc) is 2.90. The first-order valence-corrected chi connectivity index (χ1v) is 6.58. The summed E-state index contributed by atoms with van der Waals surface area (Å²) in [6.45, 7) is 1.52. The number of aryl methyl sites for hydroxylation is 1. The van der Waals surface area contributed by atoms with Crippen LogP contribution in [-0.2, 0) is 6.54 Å². The zero-order chi connectivity index (χ0) is 13.7. The molecule has 8 heteroatoms. The van der Waals surface area contributed by atoms with Crippen LogP contribution in [0.25, 0.3) is 0 Å². The van der Waals surface area contributed by atoms with E-state index in [0.29, 0.717) is 21.7 Å². The Morgan fingerprint density at radius 2 is 2.05 bits per heavy atom. The maximum absolute atomic E-state index is 6.07. The Kier molecular flexibility index (Phi) is 4.81. The van der Waals surface area contributed by atoms with Gasteiger partial charge in [0.15, 0.2) is 0 Å². The fourth-order valence-corrected chi connectivity index (χ4v) is 2.09. The molecule has 0 spiro atoms. The third-order valence-electron chi connectivity index (χ3n) is 2.49. The highest BCUT2D eigenvalue weighted by atomic mass is 35.5. The van der Waals surface area contributed by atoms with Crippen LogP contribution in [-0.4, -0.2) is 33.6 Å². The third-order valence-corrected chi connectivity index (χ3v) is 3.07. The molecule has 0 aliphatic heterocycles. The molecular formula is C11H14Cl2N6. The van der Waals surface area contributed by atoms with Crippen molar-refractivity contribution in [3.8, 4) is 0 Å². The van der Waals surface area contributed by atoms with Crippen LogP contribution < -0.4 is 10.6 Å². The lowest BCUT2D eigenvalue weighted by Crippen LogP contribution is -2.09. The number of halogens is 2. The SMILES string of the molecule is CNc1nc(NCCCn2ccnn2)c(Cl)cc1Cl. The van der Waals surface area contributed by atoms with E-state index in [1.165, 1.54) is 0 Å². The molecule has 2 aromatic rings. The van der Waals surface area contributed by atoms with Crippen molar-refractivity contribution >= 4 is 34.8 Å². The lowest BCUT2D eigenvalue weighted by atomic mass is 10.4. The van der Waals surface area contributed by atoms with E-state index in [1.807, 2.05) is 6.20 Å². The molecule has 2 N–H and O–H groups in total. The molecule has 0 unspecified atom stereocenters. The lowest BCUT2D eigenvalue weighted by molar-refractivity contribution is 0.569. The number of nitrogens with one attached hydrogen (secondary N) is 2. The van der Waals surface area contributed by atoms with Crippen molar-refractivity contribution in [2.45, 2.75) is 13.0 Å². The molecule has 0 aliphatic carbocycles. The van der Waals surface area contributed by atoms with Gasteiger partial charge < -0.3 is 10.6 Å². The third kappa shape index (κ3) is 3.71. The molecule has 0 aliphatic rings. The van der Waals surface area contributed by atoms with Crippen LogP contribution in [0.2, 0.25) is 10.0 Å². The summed E-state index contributed by atoms with van der Waals surface area (Å²) in [6.07, 6.45) is 4.37. The van der Waals surface area contributed by atoms with Gasteiger partial charge in [0.2, 0.25) is 0 Å². The topological polar surface area (TPSA) is 67.7 Å². The van der Waals surface area contributed by atoms with Crippen molar-refractivity contribution in [1.29, 1.82) is 0 Å².